The maximum absolute atomic E-state index is 13.1. The fourth-order valence-electron chi connectivity index (χ4n) is 2.74. The van der Waals surface area contributed by atoms with Crippen molar-refractivity contribution in [2.45, 2.75) is 31.7 Å². The number of fused-ring (bicyclic) bond motifs is 1. The molecule has 0 aromatic heterocycles. The van der Waals surface area contributed by atoms with E-state index in [9.17, 15) is 18.3 Å². The molecule has 2 aromatic carbocycles. The topological polar surface area (TPSA) is 29.5 Å². The molecule has 1 unspecified atom stereocenters. The van der Waals surface area contributed by atoms with Gasteiger partial charge in [-0.3, -0.25) is 0 Å². The number of alkyl halides is 3. The molecule has 0 spiro atoms. The first kappa shape index (κ1) is 16.6. The van der Waals surface area contributed by atoms with Crippen LogP contribution in [0.2, 0.25) is 0 Å². The summed E-state index contributed by atoms with van der Waals surface area (Å²) in [5, 5.41) is 10.5. The van der Waals surface area contributed by atoms with Crippen molar-refractivity contribution in [3.8, 4) is 5.75 Å². The smallest absolute Gasteiger partial charge is 0.416 e. The van der Waals surface area contributed by atoms with Crippen LogP contribution in [-0.2, 0) is 6.18 Å². The second kappa shape index (κ2) is 5.67. The predicted octanol–water partition coefficient (Wildman–Crippen LogP) is 4.97. The van der Waals surface area contributed by atoms with E-state index >= 15 is 0 Å². The Morgan fingerprint density at radius 1 is 1.08 bits per heavy atom. The standard InChI is InChI=1S/C19H17F3O2/c1-18(2)10-9-12-11-13(7-8-16(12)24-18)17(23)14-5-3-4-6-15(14)19(20,21)22/h3-11,17,23H,1-2H3. The average molecular weight is 334 g/mol. The Kier molecular flexibility index (Phi) is 3.92. The van der Waals surface area contributed by atoms with E-state index < -0.39 is 23.4 Å². The Hall–Kier alpha value is -2.27. The monoisotopic (exact) mass is 334 g/mol. The molecule has 0 aliphatic carbocycles. The summed E-state index contributed by atoms with van der Waals surface area (Å²) in [5.74, 6) is 0.641. The average Bonchev–Trinajstić information content (AvgIpc) is 2.52. The largest absolute Gasteiger partial charge is 0.483 e. The molecule has 5 heteroatoms. The summed E-state index contributed by atoms with van der Waals surface area (Å²) >= 11 is 0. The van der Waals surface area contributed by atoms with Crippen LogP contribution in [0, 0.1) is 0 Å². The van der Waals surface area contributed by atoms with Gasteiger partial charge in [-0.1, -0.05) is 30.3 Å². The van der Waals surface area contributed by atoms with Gasteiger partial charge in [-0.15, -0.1) is 0 Å². The zero-order valence-electron chi connectivity index (χ0n) is 13.3. The van der Waals surface area contributed by atoms with Gasteiger partial charge in [-0.2, -0.15) is 13.2 Å². The highest BCUT2D eigenvalue weighted by molar-refractivity contribution is 5.62. The molecule has 1 aliphatic heterocycles. The van der Waals surface area contributed by atoms with E-state index in [2.05, 4.69) is 0 Å². The molecular formula is C19H17F3O2. The van der Waals surface area contributed by atoms with Crippen LogP contribution in [0.5, 0.6) is 5.75 Å². The normalized spacial score (nSPS) is 17.1. The zero-order chi connectivity index (χ0) is 17.5. The van der Waals surface area contributed by atoms with Gasteiger partial charge in [0, 0.05) is 5.56 Å². The highest BCUT2D eigenvalue weighted by Crippen LogP contribution is 2.38. The molecule has 0 amide bonds. The van der Waals surface area contributed by atoms with E-state index in [1.165, 1.54) is 18.2 Å². The van der Waals surface area contributed by atoms with Crippen molar-refractivity contribution in [3.05, 3.63) is 70.8 Å². The number of ether oxygens (including phenoxy) is 1. The van der Waals surface area contributed by atoms with E-state index in [0.717, 1.165) is 11.6 Å². The van der Waals surface area contributed by atoms with Gasteiger partial charge in [0.15, 0.2) is 0 Å². The van der Waals surface area contributed by atoms with Gasteiger partial charge in [0.2, 0.25) is 0 Å². The van der Waals surface area contributed by atoms with Crippen molar-refractivity contribution in [2.75, 3.05) is 0 Å². The molecule has 1 N–H and O–H groups in total. The van der Waals surface area contributed by atoms with E-state index in [4.69, 9.17) is 4.74 Å². The third kappa shape index (κ3) is 3.17. The molecule has 0 fully saturated rings. The number of hydrogen-bond donors (Lipinski definition) is 1. The van der Waals surface area contributed by atoms with Crippen molar-refractivity contribution in [1.82, 2.24) is 0 Å². The first-order valence-corrected chi connectivity index (χ1v) is 7.54. The highest BCUT2D eigenvalue weighted by atomic mass is 19.4. The second-order valence-corrected chi connectivity index (χ2v) is 6.32. The predicted molar refractivity (Wildman–Crippen MR) is 85.7 cm³/mol. The third-order valence-corrected chi connectivity index (χ3v) is 3.95. The molecule has 1 heterocycles. The lowest BCUT2D eigenvalue weighted by molar-refractivity contribution is -0.139. The number of aliphatic hydroxyl groups is 1. The number of halogens is 3. The minimum absolute atomic E-state index is 0.161. The molecule has 0 saturated heterocycles. The Bertz CT molecular complexity index is 791. The van der Waals surface area contributed by atoms with E-state index in [1.807, 2.05) is 26.0 Å². The number of hydrogen-bond acceptors (Lipinski definition) is 2. The fraction of sp³-hybridized carbons (Fsp3) is 0.263. The van der Waals surface area contributed by atoms with Crippen LogP contribution in [0.25, 0.3) is 6.08 Å². The van der Waals surface area contributed by atoms with Gasteiger partial charge in [-0.25, -0.2) is 0 Å². The first-order valence-electron chi connectivity index (χ1n) is 7.54. The van der Waals surface area contributed by atoms with Crippen LogP contribution >= 0.6 is 0 Å². The summed E-state index contributed by atoms with van der Waals surface area (Å²) in [4.78, 5) is 0. The van der Waals surface area contributed by atoms with Gasteiger partial charge in [-0.05, 0) is 49.2 Å². The molecule has 3 rings (SSSR count). The zero-order valence-corrected chi connectivity index (χ0v) is 13.3. The molecule has 0 radical (unpaired) electrons. The quantitative estimate of drug-likeness (QED) is 0.840. The lowest BCUT2D eigenvalue weighted by Crippen LogP contribution is -2.27. The van der Waals surface area contributed by atoms with Crippen LogP contribution in [0.15, 0.2) is 48.5 Å². The molecular weight excluding hydrogens is 317 g/mol. The van der Waals surface area contributed by atoms with Crippen molar-refractivity contribution >= 4 is 6.08 Å². The molecule has 126 valence electrons. The number of rotatable bonds is 2. The van der Waals surface area contributed by atoms with Crippen LogP contribution in [0.3, 0.4) is 0 Å². The summed E-state index contributed by atoms with van der Waals surface area (Å²) in [6.07, 6.45) is -2.16. The van der Waals surface area contributed by atoms with Crippen LogP contribution in [-0.4, -0.2) is 10.7 Å². The minimum Gasteiger partial charge on any atom is -0.483 e. The fourth-order valence-corrected chi connectivity index (χ4v) is 2.74. The molecule has 0 bridgehead atoms. The number of benzene rings is 2. The summed E-state index contributed by atoms with van der Waals surface area (Å²) < 4.78 is 45.2. The van der Waals surface area contributed by atoms with Crippen LogP contribution in [0.4, 0.5) is 13.2 Å². The van der Waals surface area contributed by atoms with Gasteiger partial charge in [0.25, 0.3) is 0 Å². The Morgan fingerprint density at radius 2 is 1.79 bits per heavy atom. The Morgan fingerprint density at radius 3 is 2.50 bits per heavy atom. The third-order valence-electron chi connectivity index (χ3n) is 3.95. The lowest BCUT2D eigenvalue weighted by atomic mass is 9.94. The van der Waals surface area contributed by atoms with Gasteiger partial charge < -0.3 is 9.84 Å². The van der Waals surface area contributed by atoms with Crippen LogP contribution in [0.1, 0.15) is 42.2 Å². The maximum atomic E-state index is 13.1. The molecule has 24 heavy (non-hydrogen) atoms. The molecule has 2 nitrogen and oxygen atoms in total. The SMILES string of the molecule is CC1(C)C=Cc2cc(C(O)c3ccccc3C(F)(F)F)ccc2O1. The lowest BCUT2D eigenvalue weighted by Gasteiger charge is -2.28. The van der Waals surface area contributed by atoms with E-state index in [0.29, 0.717) is 11.3 Å². The van der Waals surface area contributed by atoms with E-state index in [1.54, 1.807) is 18.2 Å². The Balaban J connectivity index is 2.00. The van der Waals surface area contributed by atoms with Crippen molar-refractivity contribution in [3.63, 3.8) is 0 Å². The van der Waals surface area contributed by atoms with Gasteiger partial charge in [0.1, 0.15) is 17.5 Å². The van der Waals surface area contributed by atoms with Crippen molar-refractivity contribution < 1.29 is 23.0 Å². The van der Waals surface area contributed by atoms with Crippen molar-refractivity contribution in [2.24, 2.45) is 0 Å². The van der Waals surface area contributed by atoms with Gasteiger partial charge >= 0.3 is 6.18 Å². The summed E-state index contributed by atoms with van der Waals surface area (Å²) in [7, 11) is 0. The number of aliphatic hydroxyl groups excluding tert-OH is 1. The Labute approximate surface area is 138 Å². The molecule has 1 atom stereocenters. The second-order valence-electron chi connectivity index (χ2n) is 6.32. The first-order chi connectivity index (χ1) is 11.2. The molecule has 2 aromatic rings. The summed E-state index contributed by atoms with van der Waals surface area (Å²) in [6, 6.07) is 9.98. The highest BCUT2D eigenvalue weighted by Gasteiger charge is 2.35. The van der Waals surface area contributed by atoms with E-state index in [-0.39, 0.29) is 5.56 Å². The maximum Gasteiger partial charge on any atom is 0.416 e. The minimum atomic E-state index is -4.52. The van der Waals surface area contributed by atoms with Gasteiger partial charge in [0.05, 0.1) is 5.56 Å². The van der Waals surface area contributed by atoms with Crippen LogP contribution < -0.4 is 4.74 Å². The molecule has 1 aliphatic rings. The summed E-state index contributed by atoms with van der Waals surface area (Å²) in [6.45, 7) is 3.82. The van der Waals surface area contributed by atoms with Crippen molar-refractivity contribution in [1.29, 1.82) is 0 Å². The summed E-state index contributed by atoms with van der Waals surface area (Å²) in [5.41, 5.74) is -0.307. The molecule has 0 saturated carbocycles.